The molecule has 1 atom stereocenters. The highest BCUT2D eigenvalue weighted by molar-refractivity contribution is 7.10. The quantitative estimate of drug-likeness (QED) is 0.632. The van der Waals surface area contributed by atoms with Gasteiger partial charge in [-0.15, -0.1) is 22.9 Å². The van der Waals surface area contributed by atoms with Crippen LogP contribution in [0.2, 0.25) is 0 Å². The van der Waals surface area contributed by atoms with E-state index in [-0.39, 0.29) is 11.3 Å². The average molecular weight is 324 g/mol. The molecule has 0 saturated heterocycles. The maximum absolute atomic E-state index is 11.9. The summed E-state index contributed by atoms with van der Waals surface area (Å²) in [6.45, 7) is 2.68. The van der Waals surface area contributed by atoms with E-state index in [1.54, 1.807) is 0 Å². The minimum Gasteiger partial charge on any atom is -0.465 e. The fourth-order valence-electron chi connectivity index (χ4n) is 2.90. The first kappa shape index (κ1) is 14.8. The number of carbonyl (C=O) groups excluding carboxylic acids is 1. The zero-order valence-corrected chi connectivity index (χ0v) is 13.5. The fourth-order valence-corrected chi connectivity index (χ4v) is 4.08. The van der Waals surface area contributed by atoms with Crippen LogP contribution in [0.3, 0.4) is 0 Å². The molecule has 1 aromatic rings. The summed E-state index contributed by atoms with van der Waals surface area (Å²) < 4.78 is 4.88. The van der Waals surface area contributed by atoms with E-state index in [1.807, 2.05) is 23.5 Å². The SMILES string of the molecule is COC(=O)C1=C(CN2CCc3sccc3C2)C(Cl)CC=C1. The van der Waals surface area contributed by atoms with Crippen LogP contribution in [0.5, 0.6) is 0 Å². The van der Waals surface area contributed by atoms with E-state index in [0.717, 1.165) is 38.0 Å². The second-order valence-corrected chi connectivity index (χ2v) is 6.89. The lowest BCUT2D eigenvalue weighted by Crippen LogP contribution is -2.34. The molecule has 0 radical (unpaired) electrons. The van der Waals surface area contributed by atoms with E-state index in [4.69, 9.17) is 16.3 Å². The van der Waals surface area contributed by atoms with Crippen LogP contribution in [-0.2, 0) is 22.5 Å². The molecular formula is C16H18ClNO2S. The average Bonchev–Trinajstić information content (AvgIpc) is 2.96. The van der Waals surface area contributed by atoms with E-state index < -0.39 is 0 Å². The van der Waals surface area contributed by atoms with Crippen molar-refractivity contribution >= 4 is 28.9 Å². The van der Waals surface area contributed by atoms with Gasteiger partial charge in [0.25, 0.3) is 0 Å². The molecule has 1 aromatic heterocycles. The predicted octanol–water partition coefficient (Wildman–Crippen LogP) is 3.14. The molecule has 112 valence electrons. The highest BCUT2D eigenvalue weighted by Gasteiger charge is 2.26. The predicted molar refractivity (Wildman–Crippen MR) is 85.7 cm³/mol. The molecule has 0 saturated carbocycles. The van der Waals surface area contributed by atoms with Gasteiger partial charge >= 0.3 is 5.97 Å². The molecule has 5 heteroatoms. The lowest BCUT2D eigenvalue weighted by molar-refractivity contribution is -0.135. The molecule has 0 spiro atoms. The first-order valence-electron chi connectivity index (χ1n) is 7.08. The number of thiophene rings is 1. The number of rotatable bonds is 3. The first-order chi connectivity index (χ1) is 10.2. The van der Waals surface area contributed by atoms with E-state index in [1.165, 1.54) is 17.6 Å². The number of allylic oxidation sites excluding steroid dienone is 1. The highest BCUT2D eigenvalue weighted by Crippen LogP contribution is 2.29. The largest absolute Gasteiger partial charge is 0.465 e. The van der Waals surface area contributed by atoms with Crippen LogP contribution in [0.15, 0.2) is 34.7 Å². The highest BCUT2D eigenvalue weighted by atomic mass is 35.5. The van der Waals surface area contributed by atoms with Crippen molar-refractivity contribution in [1.29, 1.82) is 0 Å². The number of hydrogen-bond acceptors (Lipinski definition) is 4. The molecular weight excluding hydrogens is 306 g/mol. The Kier molecular flexibility index (Phi) is 4.48. The Balaban J connectivity index is 1.80. The molecule has 1 aliphatic heterocycles. The van der Waals surface area contributed by atoms with Crippen LogP contribution >= 0.6 is 22.9 Å². The molecule has 0 bridgehead atoms. The number of hydrogen-bond donors (Lipinski definition) is 0. The van der Waals surface area contributed by atoms with Gasteiger partial charge < -0.3 is 4.74 Å². The molecule has 1 unspecified atom stereocenters. The van der Waals surface area contributed by atoms with Crippen LogP contribution in [0.1, 0.15) is 16.9 Å². The van der Waals surface area contributed by atoms with Crippen LogP contribution in [-0.4, -0.2) is 36.4 Å². The number of alkyl halides is 1. The van der Waals surface area contributed by atoms with Crippen molar-refractivity contribution in [3.8, 4) is 0 Å². The molecule has 21 heavy (non-hydrogen) atoms. The zero-order chi connectivity index (χ0) is 14.8. The van der Waals surface area contributed by atoms with Gasteiger partial charge in [-0.1, -0.05) is 12.2 Å². The summed E-state index contributed by atoms with van der Waals surface area (Å²) in [6.07, 6.45) is 5.65. The standard InChI is InChI=1S/C16H18ClNO2S/c1-20-16(19)12-3-2-4-14(17)13(12)10-18-7-5-15-11(9-18)6-8-21-15/h2-3,6,8,14H,4-5,7,9-10H2,1H3. The summed E-state index contributed by atoms with van der Waals surface area (Å²) in [7, 11) is 1.41. The number of nitrogens with zero attached hydrogens (tertiary/aromatic N) is 1. The van der Waals surface area contributed by atoms with Gasteiger partial charge in [0.05, 0.1) is 18.1 Å². The lowest BCUT2D eigenvalue weighted by atomic mass is 9.95. The van der Waals surface area contributed by atoms with Gasteiger partial charge in [-0.25, -0.2) is 4.79 Å². The van der Waals surface area contributed by atoms with Crippen molar-refractivity contribution in [1.82, 2.24) is 4.90 Å². The van der Waals surface area contributed by atoms with Crippen LogP contribution < -0.4 is 0 Å². The first-order valence-corrected chi connectivity index (χ1v) is 8.40. The Labute approximate surface area is 133 Å². The van der Waals surface area contributed by atoms with Crippen molar-refractivity contribution in [3.05, 3.63) is 45.2 Å². The summed E-state index contributed by atoms with van der Waals surface area (Å²) in [5, 5.41) is 2.04. The molecule has 2 heterocycles. The van der Waals surface area contributed by atoms with Crippen molar-refractivity contribution in [2.45, 2.75) is 24.8 Å². The van der Waals surface area contributed by atoms with Crippen molar-refractivity contribution in [2.24, 2.45) is 0 Å². The smallest absolute Gasteiger partial charge is 0.337 e. The molecule has 0 fully saturated rings. The Morgan fingerprint density at radius 1 is 1.57 bits per heavy atom. The molecule has 3 rings (SSSR count). The Morgan fingerprint density at radius 3 is 3.24 bits per heavy atom. The third-order valence-corrected chi connectivity index (χ3v) is 5.50. The topological polar surface area (TPSA) is 29.5 Å². The third kappa shape index (κ3) is 3.07. The number of methoxy groups -OCH3 is 1. The Bertz CT molecular complexity index is 605. The summed E-state index contributed by atoms with van der Waals surface area (Å²) in [5.41, 5.74) is 3.02. The van der Waals surface area contributed by atoms with Crippen molar-refractivity contribution in [2.75, 3.05) is 20.2 Å². The summed E-state index contributed by atoms with van der Waals surface area (Å²) >= 11 is 8.27. The van der Waals surface area contributed by atoms with Gasteiger partial charge in [0, 0.05) is 24.5 Å². The molecule has 2 aliphatic rings. The third-order valence-electron chi connectivity index (χ3n) is 4.04. The van der Waals surface area contributed by atoms with E-state index in [0.29, 0.717) is 5.57 Å². The summed E-state index contributed by atoms with van der Waals surface area (Å²) in [6, 6.07) is 2.20. The van der Waals surface area contributed by atoms with Crippen LogP contribution in [0, 0.1) is 0 Å². The minimum atomic E-state index is -0.292. The number of carbonyl (C=O) groups is 1. The number of fused-ring (bicyclic) bond motifs is 1. The zero-order valence-electron chi connectivity index (χ0n) is 12.0. The Morgan fingerprint density at radius 2 is 2.43 bits per heavy atom. The number of ether oxygens (including phenoxy) is 1. The van der Waals surface area contributed by atoms with E-state index >= 15 is 0 Å². The van der Waals surface area contributed by atoms with Gasteiger partial charge in [-0.2, -0.15) is 0 Å². The van der Waals surface area contributed by atoms with E-state index in [2.05, 4.69) is 16.3 Å². The molecule has 0 amide bonds. The van der Waals surface area contributed by atoms with Crippen LogP contribution in [0.25, 0.3) is 0 Å². The maximum atomic E-state index is 11.9. The lowest BCUT2D eigenvalue weighted by Gasteiger charge is -2.30. The molecule has 0 N–H and O–H groups in total. The monoisotopic (exact) mass is 323 g/mol. The maximum Gasteiger partial charge on any atom is 0.337 e. The van der Waals surface area contributed by atoms with E-state index in [9.17, 15) is 4.79 Å². The molecule has 0 aromatic carbocycles. The second-order valence-electron chi connectivity index (χ2n) is 5.37. The summed E-state index contributed by atoms with van der Waals surface area (Å²) in [4.78, 5) is 15.8. The Hall–Kier alpha value is -1.10. The van der Waals surface area contributed by atoms with Gasteiger partial charge in [0.1, 0.15) is 0 Å². The summed E-state index contributed by atoms with van der Waals surface area (Å²) in [5.74, 6) is -0.292. The molecule has 3 nitrogen and oxygen atoms in total. The normalized spacial score (nSPS) is 22.3. The van der Waals surface area contributed by atoms with Gasteiger partial charge in [0.2, 0.25) is 0 Å². The van der Waals surface area contributed by atoms with Crippen molar-refractivity contribution in [3.63, 3.8) is 0 Å². The fraction of sp³-hybridized carbons (Fsp3) is 0.438. The second kappa shape index (κ2) is 6.34. The van der Waals surface area contributed by atoms with Gasteiger partial charge in [-0.3, -0.25) is 4.90 Å². The number of halogens is 1. The van der Waals surface area contributed by atoms with Gasteiger partial charge in [-0.05, 0) is 35.4 Å². The minimum absolute atomic E-state index is 0.118. The van der Waals surface area contributed by atoms with Crippen molar-refractivity contribution < 1.29 is 9.53 Å². The molecule has 1 aliphatic carbocycles. The van der Waals surface area contributed by atoms with Crippen LogP contribution in [0.4, 0.5) is 0 Å². The van der Waals surface area contributed by atoms with Gasteiger partial charge in [0.15, 0.2) is 0 Å². The number of esters is 1.